The van der Waals surface area contributed by atoms with Gasteiger partial charge in [0.1, 0.15) is 0 Å². The van der Waals surface area contributed by atoms with E-state index in [2.05, 4.69) is 5.32 Å². The zero-order valence-corrected chi connectivity index (χ0v) is 14.7. The van der Waals surface area contributed by atoms with E-state index in [9.17, 15) is 9.59 Å². The number of carbonyl (C=O) groups excluding carboxylic acids is 2. The molecular formula is C19H16ClNO5. The Bertz CT molecular complexity index is 848. The van der Waals surface area contributed by atoms with Gasteiger partial charge in [0, 0.05) is 16.8 Å². The lowest BCUT2D eigenvalue weighted by Crippen LogP contribution is -2.29. The molecule has 1 atom stereocenters. The lowest BCUT2D eigenvalue weighted by Gasteiger charge is -2.12. The lowest BCUT2D eigenvalue weighted by atomic mass is 10.2. The van der Waals surface area contributed by atoms with Gasteiger partial charge in [-0.3, -0.25) is 4.79 Å². The van der Waals surface area contributed by atoms with E-state index in [1.807, 2.05) is 0 Å². The van der Waals surface area contributed by atoms with E-state index in [0.717, 1.165) is 5.56 Å². The Hall–Kier alpha value is -2.99. The molecule has 1 amide bonds. The standard InChI is InChI=1S/C19H16ClNO5/c1-12(19(23)21-15-6-4-14(20)5-7-15)26-18(22)9-3-13-2-8-16-17(10-13)25-11-24-16/h2-10,12H,11H2,1H3,(H,21,23)/b9-3+/t12-/m0/s1. The topological polar surface area (TPSA) is 73.9 Å². The Morgan fingerprint density at radius 1 is 1.15 bits per heavy atom. The largest absolute Gasteiger partial charge is 0.454 e. The van der Waals surface area contributed by atoms with Crippen LogP contribution in [0, 0.1) is 0 Å². The fraction of sp³-hybridized carbons (Fsp3) is 0.158. The summed E-state index contributed by atoms with van der Waals surface area (Å²) in [5.41, 5.74) is 1.32. The SMILES string of the molecule is C[C@H](OC(=O)/C=C/c1ccc2c(c1)OCO2)C(=O)Nc1ccc(Cl)cc1. The second-order valence-electron chi connectivity index (χ2n) is 5.52. The van der Waals surface area contributed by atoms with Gasteiger partial charge in [0.25, 0.3) is 5.91 Å². The van der Waals surface area contributed by atoms with Gasteiger partial charge >= 0.3 is 5.97 Å². The normalized spacial score (nSPS) is 13.5. The number of rotatable bonds is 5. The number of hydrogen-bond donors (Lipinski definition) is 1. The molecule has 0 aromatic heterocycles. The number of halogens is 1. The molecule has 0 saturated heterocycles. The third-order valence-electron chi connectivity index (χ3n) is 3.58. The molecule has 1 aliphatic rings. The summed E-state index contributed by atoms with van der Waals surface area (Å²) in [7, 11) is 0. The van der Waals surface area contributed by atoms with Crippen LogP contribution in [0.4, 0.5) is 5.69 Å². The zero-order chi connectivity index (χ0) is 18.5. The summed E-state index contributed by atoms with van der Waals surface area (Å²) in [6.07, 6.45) is 1.89. The van der Waals surface area contributed by atoms with Gasteiger partial charge in [0.15, 0.2) is 17.6 Å². The number of hydrogen-bond acceptors (Lipinski definition) is 5. The second kappa shape index (κ2) is 7.93. The van der Waals surface area contributed by atoms with E-state index in [0.29, 0.717) is 22.2 Å². The van der Waals surface area contributed by atoms with E-state index in [1.54, 1.807) is 48.5 Å². The van der Waals surface area contributed by atoms with E-state index >= 15 is 0 Å². The summed E-state index contributed by atoms with van der Waals surface area (Å²) in [6.45, 7) is 1.68. The first-order chi connectivity index (χ1) is 12.5. The van der Waals surface area contributed by atoms with Crippen LogP contribution in [0.5, 0.6) is 11.5 Å². The Morgan fingerprint density at radius 2 is 1.88 bits per heavy atom. The highest BCUT2D eigenvalue weighted by Crippen LogP contribution is 2.32. The second-order valence-corrected chi connectivity index (χ2v) is 5.96. The monoisotopic (exact) mass is 373 g/mol. The summed E-state index contributed by atoms with van der Waals surface area (Å²) in [4.78, 5) is 24.0. The van der Waals surface area contributed by atoms with Crippen molar-refractivity contribution in [2.45, 2.75) is 13.0 Å². The van der Waals surface area contributed by atoms with Crippen molar-refractivity contribution in [2.75, 3.05) is 12.1 Å². The summed E-state index contributed by atoms with van der Waals surface area (Å²) in [6, 6.07) is 11.9. The molecular weight excluding hydrogens is 358 g/mol. The van der Waals surface area contributed by atoms with Crippen LogP contribution in [0.2, 0.25) is 5.02 Å². The van der Waals surface area contributed by atoms with Crippen molar-refractivity contribution >= 4 is 35.2 Å². The number of carbonyl (C=O) groups is 2. The number of benzene rings is 2. The van der Waals surface area contributed by atoms with Crippen molar-refractivity contribution in [1.29, 1.82) is 0 Å². The maximum Gasteiger partial charge on any atom is 0.331 e. The molecule has 2 aromatic rings. The van der Waals surface area contributed by atoms with Crippen LogP contribution in [0.25, 0.3) is 6.08 Å². The highest BCUT2D eigenvalue weighted by atomic mass is 35.5. The minimum atomic E-state index is -0.945. The van der Waals surface area contributed by atoms with Crippen molar-refractivity contribution in [3.05, 3.63) is 59.1 Å². The average Bonchev–Trinajstić information content (AvgIpc) is 3.09. The van der Waals surface area contributed by atoms with Crippen LogP contribution in [0.3, 0.4) is 0 Å². The van der Waals surface area contributed by atoms with E-state index in [-0.39, 0.29) is 6.79 Å². The molecule has 0 saturated carbocycles. The third kappa shape index (κ3) is 4.55. The molecule has 3 rings (SSSR count). The van der Waals surface area contributed by atoms with Crippen molar-refractivity contribution in [1.82, 2.24) is 0 Å². The highest BCUT2D eigenvalue weighted by Gasteiger charge is 2.17. The highest BCUT2D eigenvalue weighted by molar-refractivity contribution is 6.30. The van der Waals surface area contributed by atoms with Gasteiger partial charge in [-0.25, -0.2) is 4.79 Å². The molecule has 0 unspecified atom stereocenters. The predicted molar refractivity (Wildman–Crippen MR) is 97.2 cm³/mol. The van der Waals surface area contributed by atoms with E-state index in [4.69, 9.17) is 25.8 Å². The summed E-state index contributed by atoms with van der Waals surface area (Å²) < 4.78 is 15.6. The molecule has 0 fully saturated rings. The molecule has 0 radical (unpaired) electrons. The predicted octanol–water partition coefficient (Wildman–Crippen LogP) is 3.65. The molecule has 1 N–H and O–H groups in total. The number of fused-ring (bicyclic) bond motifs is 1. The van der Waals surface area contributed by atoms with Crippen molar-refractivity contribution in [2.24, 2.45) is 0 Å². The molecule has 0 bridgehead atoms. The first kappa shape index (κ1) is 17.8. The van der Waals surface area contributed by atoms with Crippen LogP contribution in [-0.2, 0) is 14.3 Å². The Kier molecular flexibility index (Phi) is 5.43. The van der Waals surface area contributed by atoms with Crippen LogP contribution in [0.1, 0.15) is 12.5 Å². The molecule has 134 valence electrons. The van der Waals surface area contributed by atoms with Crippen molar-refractivity contribution < 1.29 is 23.8 Å². The summed E-state index contributed by atoms with van der Waals surface area (Å²) >= 11 is 5.79. The van der Waals surface area contributed by atoms with Gasteiger partial charge in [-0.2, -0.15) is 0 Å². The van der Waals surface area contributed by atoms with Crippen LogP contribution < -0.4 is 14.8 Å². The minimum absolute atomic E-state index is 0.185. The van der Waals surface area contributed by atoms with Gasteiger partial charge in [-0.05, 0) is 55.0 Å². The van der Waals surface area contributed by atoms with Gasteiger partial charge in [0.05, 0.1) is 0 Å². The maximum absolute atomic E-state index is 12.1. The first-order valence-electron chi connectivity index (χ1n) is 7.86. The van der Waals surface area contributed by atoms with Crippen molar-refractivity contribution in [3.63, 3.8) is 0 Å². The number of nitrogens with one attached hydrogen (secondary N) is 1. The maximum atomic E-state index is 12.1. The number of ether oxygens (including phenoxy) is 3. The molecule has 2 aromatic carbocycles. The van der Waals surface area contributed by atoms with Crippen molar-refractivity contribution in [3.8, 4) is 11.5 Å². The third-order valence-corrected chi connectivity index (χ3v) is 3.83. The molecule has 7 heteroatoms. The summed E-state index contributed by atoms with van der Waals surface area (Å²) in [5, 5.41) is 3.21. The molecule has 1 aliphatic heterocycles. The fourth-order valence-electron chi connectivity index (χ4n) is 2.23. The molecule has 6 nitrogen and oxygen atoms in total. The number of esters is 1. The smallest absolute Gasteiger partial charge is 0.331 e. The number of anilines is 1. The molecule has 1 heterocycles. The fourth-order valence-corrected chi connectivity index (χ4v) is 2.35. The minimum Gasteiger partial charge on any atom is -0.454 e. The first-order valence-corrected chi connectivity index (χ1v) is 8.24. The van der Waals surface area contributed by atoms with Crippen LogP contribution in [-0.4, -0.2) is 24.8 Å². The Morgan fingerprint density at radius 3 is 2.65 bits per heavy atom. The van der Waals surface area contributed by atoms with Gasteiger partial charge in [0.2, 0.25) is 6.79 Å². The summed E-state index contributed by atoms with van der Waals surface area (Å²) in [5.74, 6) is 0.229. The lowest BCUT2D eigenvalue weighted by molar-refractivity contribution is -0.148. The van der Waals surface area contributed by atoms with Crippen LogP contribution in [0.15, 0.2) is 48.5 Å². The average molecular weight is 374 g/mol. The van der Waals surface area contributed by atoms with Gasteiger partial charge < -0.3 is 19.5 Å². The van der Waals surface area contributed by atoms with Crippen LogP contribution >= 0.6 is 11.6 Å². The molecule has 26 heavy (non-hydrogen) atoms. The molecule has 0 aliphatic carbocycles. The zero-order valence-electron chi connectivity index (χ0n) is 13.9. The van der Waals surface area contributed by atoms with E-state index in [1.165, 1.54) is 13.0 Å². The Balaban J connectivity index is 1.53. The van der Waals surface area contributed by atoms with Gasteiger partial charge in [-0.1, -0.05) is 17.7 Å². The number of amides is 1. The van der Waals surface area contributed by atoms with Gasteiger partial charge in [-0.15, -0.1) is 0 Å². The Labute approximate surface area is 155 Å². The van der Waals surface area contributed by atoms with E-state index < -0.39 is 18.0 Å². The molecule has 0 spiro atoms. The quantitative estimate of drug-likeness (QED) is 0.639.